The Labute approximate surface area is 141 Å². The quantitative estimate of drug-likeness (QED) is 0.689. The van der Waals surface area contributed by atoms with Crippen LogP contribution in [0.2, 0.25) is 0 Å². The van der Waals surface area contributed by atoms with E-state index >= 15 is 0 Å². The standard InChI is InChI=1S/C19H23FN2O2/c20-16-9-5-4-8-14(16)11-15(19(22)24)12-18(23)17(21)10-13-6-2-1-3-7-13/h1-9,15,17-18,23H,10-12,21H2,(H2,22,24)/t15-,17+,18+/m1/s1. The minimum Gasteiger partial charge on any atom is -0.391 e. The molecular formula is C19H23FN2O2. The molecule has 0 heterocycles. The van der Waals surface area contributed by atoms with Crippen molar-refractivity contribution in [1.82, 2.24) is 0 Å². The van der Waals surface area contributed by atoms with E-state index in [4.69, 9.17) is 11.5 Å². The maximum absolute atomic E-state index is 13.8. The number of benzene rings is 2. The molecule has 0 aromatic heterocycles. The Balaban J connectivity index is 1.99. The molecule has 0 spiro atoms. The van der Waals surface area contributed by atoms with Crippen LogP contribution >= 0.6 is 0 Å². The van der Waals surface area contributed by atoms with Crippen molar-refractivity contribution in [1.29, 1.82) is 0 Å². The van der Waals surface area contributed by atoms with Gasteiger partial charge in [0.1, 0.15) is 5.82 Å². The lowest BCUT2D eigenvalue weighted by molar-refractivity contribution is -0.122. The summed E-state index contributed by atoms with van der Waals surface area (Å²) in [5.74, 6) is -1.62. The van der Waals surface area contributed by atoms with Crippen molar-refractivity contribution in [2.45, 2.75) is 31.4 Å². The molecule has 0 aliphatic rings. The molecule has 0 saturated carbocycles. The van der Waals surface area contributed by atoms with Gasteiger partial charge in [-0.15, -0.1) is 0 Å². The van der Waals surface area contributed by atoms with Crippen molar-refractivity contribution in [3.63, 3.8) is 0 Å². The molecule has 4 nitrogen and oxygen atoms in total. The average Bonchev–Trinajstić information content (AvgIpc) is 2.56. The van der Waals surface area contributed by atoms with Gasteiger partial charge in [-0.2, -0.15) is 0 Å². The zero-order valence-electron chi connectivity index (χ0n) is 13.4. The summed E-state index contributed by atoms with van der Waals surface area (Å²) in [5.41, 5.74) is 12.9. The Morgan fingerprint density at radius 2 is 1.67 bits per heavy atom. The monoisotopic (exact) mass is 330 g/mol. The Morgan fingerprint density at radius 3 is 2.29 bits per heavy atom. The van der Waals surface area contributed by atoms with Crippen LogP contribution in [0.5, 0.6) is 0 Å². The second-order valence-electron chi connectivity index (χ2n) is 6.05. The van der Waals surface area contributed by atoms with Crippen LogP contribution in [0, 0.1) is 11.7 Å². The molecule has 2 rings (SSSR count). The highest BCUT2D eigenvalue weighted by atomic mass is 19.1. The largest absolute Gasteiger partial charge is 0.391 e. The maximum atomic E-state index is 13.8. The summed E-state index contributed by atoms with van der Waals surface area (Å²) in [7, 11) is 0. The Morgan fingerprint density at radius 1 is 1.04 bits per heavy atom. The van der Waals surface area contributed by atoms with E-state index in [1.807, 2.05) is 30.3 Å². The fraction of sp³-hybridized carbons (Fsp3) is 0.316. The number of hydrogen-bond acceptors (Lipinski definition) is 3. The molecule has 0 fully saturated rings. The third-order valence-electron chi connectivity index (χ3n) is 4.16. The van der Waals surface area contributed by atoms with Gasteiger partial charge in [-0.25, -0.2) is 4.39 Å². The normalized spacial score (nSPS) is 14.8. The molecule has 2 aromatic carbocycles. The molecule has 5 heteroatoms. The number of aliphatic hydroxyl groups is 1. The summed E-state index contributed by atoms with van der Waals surface area (Å²) in [6, 6.07) is 15.3. The van der Waals surface area contributed by atoms with Crippen LogP contribution in [-0.4, -0.2) is 23.2 Å². The van der Waals surface area contributed by atoms with Crippen molar-refractivity contribution in [3.8, 4) is 0 Å². The molecule has 0 aliphatic carbocycles. The number of amides is 1. The van der Waals surface area contributed by atoms with E-state index in [2.05, 4.69) is 0 Å². The van der Waals surface area contributed by atoms with Crippen molar-refractivity contribution < 1.29 is 14.3 Å². The van der Waals surface area contributed by atoms with E-state index in [1.54, 1.807) is 18.2 Å². The highest BCUT2D eigenvalue weighted by Crippen LogP contribution is 2.18. The van der Waals surface area contributed by atoms with Crippen LogP contribution in [0.15, 0.2) is 54.6 Å². The number of nitrogens with two attached hydrogens (primary N) is 2. The minimum atomic E-state index is -0.894. The average molecular weight is 330 g/mol. The first-order valence-corrected chi connectivity index (χ1v) is 7.97. The first-order valence-electron chi connectivity index (χ1n) is 7.97. The molecule has 5 N–H and O–H groups in total. The van der Waals surface area contributed by atoms with Gasteiger partial charge in [0, 0.05) is 12.0 Å². The smallest absolute Gasteiger partial charge is 0.220 e. The van der Waals surface area contributed by atoms with Crippen LogP contribution in [0.4, 0.5) is 4.39 Å². The molecule has 2 aromatic rings. The summed E-state index contributed by atoms with van der Waals surface area (Å²) in [6.45, 7) is 0. The van der Waals surface area contributed by atoms with Crippen molar-refractivity contribution in [2.75, 3.05) is 0 Å². The van der Waals surface area contributed by atoms with Crippen LogP contribution in [0.25, 0.3) is 0 Å². The molecule has 0 aliphatic heterocycles. The van der Waals surface area contributed by atoms with E-state index in [1.165, 1.54) is 6.07 Å². The topological polar surface area (TPSA) is 89.3 Å². The number of carbonyl (C=O) groups excluding carboxylic acids is 1. The summed E-state index contributed by atoms with van der Waals surface area (Å²) < 4.78 is 13.8. The van der Waals surface area contributed by atoms with Gasteiger partial charge in [0.05, 0.1) is 6.10 Å². The van der Waals surface area contributed by atoms with Crippen LogP contribution in [-0.2, 0) is 17.6 Å². The second kappa shape index (κ2) is 8.57. The summed E-state index contributed by atoms with van der Waals surface area (Å²) in [4.78, 5) is 11.7. The third kappa shape index (κ3) is 5.15. The second-order valence-corrected chi connectivity index (χ2v) is 6.05. The molecular weight excluding hydrogens is 307 g/mol. The number of hydrogen-bond donors (Lipinski definition) is 3. The van der Waals surface area contributed by atoms with Crippen LogP contribution < -0.4 is 11.5 Å². The summed E-state index contributed by atoms with van der Waals surface area (Å²) in [5, 5.41) is 10.3. The van der Waals surface area contributed by atoms with Gasteiger partial charge in [-0.1, -0.05) is 48.5 Å². The lowest BCUT2D eigenvalue weighted by Gasteiger charge is -2.23. The van der Waals surface area contributed by atoms with Crippen molar-refractivity contribution in [3.05, 3.63) is 71.5 Å². The van der Waals surface area contributed by atoms with E-state index in [0.29, 0.717) is 12.0 Å². The predicted octanol–water partition coefficient (Wildman–Crippen LogP) is 1.79. The fourth-order valence-corrected chi connectivity index (χ4v) is 2.72. The Kier molecular flexibility index (Phi) is 6.46. The summed E-state index contributed by atoms with van der Waals surface area (Å²) in [6.07, 6.45) is -0.142. The van der Waals surface area contributed by atoms with Gasteiger partial charge in [0.2, 0.25) is 5.91 Å². The SMILES string of the molecule is NC(=O)[C@H](Cc1ccccc1F)C[C@H](O)[C@@H](N)Cc1ccccc1. The van der Waals surface area contributed by atoms with Gasteiger partial charge in [-0.05, 0) is 36.5 Å². The van der Waals surface area contributed by atoms with Gasteiger partial charge in [0.15, 0.2) is 0 Å². The van der Waals surface area contributed by atoms with Gasteiger partial charge >= 0.3 is 0 Å². The zero-order valence-corrected chi connectivity index (χ0v) is 13.4. The molecule has 0 radical (unpaired) electrons. The highest BCUT2D eigenvalue weighted by molar-refractivity contribution is 5.77. The number of primary amides is 1. The van der Waals surface area contributed by atoms with E-state index in [0.717, 1.165) is 5.56 Å². The molecule has 24 heavy (non-hydrogen) atoms. The summed E-state index contributed by atoms with van der Waals surface area (Å²) >= 11 is 0. The minimum absolute atomic E-state index is 0.109. The third-order valence-corrected chi connectivity index (χ3v) is 4.16. The molecule has 3 atom stereocenters. The predicted molar refractivity (Wildman–Crippen MR) is 91.5 cm³/mol. The Hall–Kier alpha value is -2.24. The number of aliphatic hydroxyl groups excluding tert-OH is 1. The highest BCUT2D eigenvalue weighted by Gasteiger charge is 2.25. The van der Waals surface area contributed by atoms with Crippen molar-refractivity contribution >= 4 is 5.91 Å². The lowest BCUT2D eigenvalue weighted by Crippen LogP contribution is -2.40. The zero-order chi connectivity index (χ0) is 17.5. The van der Waals surface area contributed by atoms with Gasteiger partial charge in [0.25, 0.3) is 0 Å². The first-order chi connectivity index (χ1) is 11.5. The molecule has 128 valence electrons. The maximum Gasteiger partial charge on any atom is 0.220 e. The van der Waals surface area contributed by atoms with E-state index in [-0.39, 0.29) is 18.7 Å². The van der Waals surface area contributed by atoms with E-state index < -0.39 is 24.0 Å². The molecule has 0 bridgehead atoms. The number of halogens is 1. The molecule has 0 unspecified atom stereocenters. The number of rotatable bonds is 8. The van der Waals surface area contributed by atoms with Crippen LogP contribution in [0.1, 0.15) is 17.5 Å². The van der Waals surface area contributed by atoms with Crippen LogP contribution in [0.3, 0.4) is 0 Å². The van der Waals surface area contributed by atoms with Gasteiger partial charge in [-0.3, -0.25) is 4.79 Å². The Bertz CT molecular complexity index is 663. The van der Waals surface area contributed by atoms with Gasteiger partial charge < -0.3 is 16.6 Å². The first kappa shape index (κ1) is 18.1. The van der Waals surface area contributed by atoms with E-state index in [9.17, 15) is 14.3 Å². The molecule has 0 saturated heterocycles. The van der Waals surface area contributed by atoms with Crippen molar-refractivity contribution in [2.24, 2.45) is 17.4 Å². The molecule has 1 amide bonds. The fourth-order valence-electron chi connectivity index (χ4n) is 2.72. The lowest BCUT2D eigenvalue weighted by atomic mass is 9.89. The number of carbonyl (C=O) groups is 1.